The van der Waals surface area contributed by atoms with Crippen LogP contribution >= 0.6 is 11.3 Å². The molecule has 4 heteroatoms. The summed E-state index contributed by atoms with van der Waals surface area (Å²) in [4.78, 5) is 12.2. The maximum atomic E-state index is 12.2. The minimum atomic E-state index is -0.0105. The van der Waals surface area contributed by atoms with Gasteiger partial charge in [0.2, 0.25) is 5.91 Å². The third-order valence-electron chi connectivity index (χ3n) is 3.56. The highest BCUT2D eigenvalue weighted by Crippen LogP contribution is 2.16. The molecule has 0 aromatic carbocycles. The van der Waals surface area contributed by atoms with Crippen molar-refractivity contribution in [3.8, 4) is 0 Å². The van der Waals surface area contributed by atoms with E-state index >= 15 is 0 Å². The Kier molecular flexibility index (Phi) is 4.78. The average Bonchev–Trinajstić information content (AvgIpc) is 2.82. The van der Waals surface area contributed by atoms with Gasteiger partial charge in [0, 0.05) is 6.04 Å². The van der Waals surface area contributed by atoms with Crippen LogP contribution in [-0.2, 0) is 11.2 Å². The third kappa shape index (κ3) is 3.56. The van der Waals surface area contributed by atoms with Crippen molar-refractivity contribution in [2.45, 2.75) is 45.2 Å². The molecule has 1 aliphatic heterocycles. The fourth-order valence-corrected chi connectivity index (χ4v) is 3.23. The van der Waals surface area contributed by atoms with E-state index in [-0.39, 0.29) is 18.0 Å². The topological polar surface area (TPSA) is 41.1 Å². The second kappa shape index (κ2) is 6.34. The molecule has 0 radical (unpaired) electrons. The van der Waals surface area contributed by atoms with Gasteiger partial charge in [-0.15, -0.1) is 0 Å². The fourth-order valence-electron chi connectivity index (χ4n) is 2.55. The van der Waals surface area contributed by atoms with Crippen molar-refractivity contribution in [3.63, 3.8) is 0 Å². The van der Waals surface area contributed by atoms with Crippen LogP contribution in [0.4, 0.5) is 0 Å². The average molecular weight is 266 g/mol. The molecule has 0 spiro atoms. The molecule has 0 saturated carbocycles. The fraction of sp³-hybridized carbons (Fsp3) is 0.643. The zero-order valence-corrected chi connectivity index (χ0v) is 11.9. The van der Waals surface area contributed by atoms with Crippen LogP contribution in [-0.4, -0.2) is 24.5 Å². The van der Waals surface area contributed by atoms with Crippen molar-refractivity contribution in [3.05, 3.63) is 22.4 Å². The normalized spacial score (nSPS) is 25.7. The summed E-state index contributed by atoms with van der Waals surface area (Å²) in [6.07, 6.45) is 3.23. The number of thiophene rings is 1. The molecule has 2 rings (SSSR count). The van der Waals surface area contributed by atoms with E-state index in [1.165, 1.54) is 12.0 Å². The maximum Gasteiger partial charge on any atom is 0.237 e. The molecule has 100 valence electrons. The van der Waals surface area contributed by atoms with Crippen LogP contribution in [0.2, 0.25) is 0 Å². The minimum absolute atomic E-state index is 0.0105. The molecule has 1 aliphatic rings. The van der Waals surface area contributed by atoms with Crippen molar-refractivity contribution in [1.82, 2.24) is 10.6 Å². The quantitative estimate of drug-likeness (QED) is 0.877. The SMILES string of the molecule is CC(Cc1ccsc1)NC(=O)C1NCCCC1C. The summed E-state index contributed by atoms with van der Waals surface area (Å²) in [5, 5.41) is 10.7. The van der Waals surface area contributed by atoms with Crippen LogP contribution in [0, 0.1) is 5.92 Å². The van der Waals surface area contributed by atoms with Crippen molar-refractivity contribution in [2.75, 3.05) is 6.54 Å². The van der Waals surface area contributed by atoms with E-state index in [1.807, 2.05) is 0 Å². The summed E-state index contributed by atoms with van der Waals surface area (Å²) < 4.78 is 0. The highest BCUT2D eigenvalue weighted by atomic mass is 32.1. The highest BCUT2D eigenvalue weighted by molar-refractivity contribution is 7.07. The van der Waals surface area contributed by atoms with E-state index in [9.17, 15) is 4.79 Å². The predicted octanol–water partition coefficient (Wildman–Crippen LogP) is 2.18. The zero-order chi connectivity index (χ0) is 13.0. The molecule has 1 amide bonds. The number of nitrogens with one attached hydrogen (secondary N) is 2. The van der Waals surface area contributed by atoms with Crippen LogP contribution in [0.15, 0.2) is 16.8 Å². The summed E-state index contributed by atoms with van der Waals surface area (Å²) in [7, 11) is 0. The largest absolute Gasteiger partial charge is 0.352 e. The predicted molar refractivity (Wildman–Crippen MR) is 75.8 cm³/mol. The Bertz CT molecular complexity index is 377. The number of piperidine rings is 1. The van der Waals surface area contributed by atoms with Gasteiger partial charge in [-0.2, -0.15) is 11.3 Å². The molecule has 1 aromatic heterocycles. The summed E-state index contributed by atoms with van der Waals surface area (Å²) in [5.74, 6) is 0.594. The van der Waals surface area contributed by atoms with Gasteiger partial charge in [0.25, 0.3) is 0 Å². The van der Waals surface area contributed by atoms with Crippen LogP contribution in [0.3, 0.4) is 0 Å². The molecule has 1 saturated heterocycles. The Balaban J connectivity index is 1.82. The standard InChI is InChI=1S/C14H22N2OS/c1-10-4-3-6-15-13(10)14(17)16-11(2)8-12-5-7-18-9-12/h5,7,9-11,13,15H,3-4,6,8H2,1-2H3,(H,16,17). The van der Waals surface area contributed by atoms with E-state index in [2.05, 4.69) is 41.3 Å². The van der Waals surface area contributed by atoms with Crippen LogP contribution in [0.5, 0.6) is 0 Å². The van der Waals surface area contributed by atoms with Gasteiger partial charge < -0.3 is 10.6 Å². The lowest BCUT2D eigenvalue weighted by Gasteiger charge is -2.30. The first-order chi connectivity index (χ1) is 8.66. The van der Waals surface area contributed by atoms with E-state index in [4.69, 9.17) is 0 Å². The van der Waals surface area contributed by atoms with Gasteiger partial charge in [0.1, 0.15) is 0 Å². The first-order valence-electron chi connectivity index (χ1n) is 6.71. The number of hydrogen-bond acceptors (Lipinski definition) is 3. The minimum Gasteiger partial charge on any atom is -0.352 e. The lowest BCUT2D eigenvalue weighted by atomic mass is 9.92. The molecular formula is C14H22N2OS. The van der Waals surface area contributed by atoms with Gasteiger partial charge in [-0.05, 0) is 61.0 Å². The second-order valence-electron chi connectivity index (χ2n) is 5.30. The van der Waals surface area contributed by atoms with Crippen molar-refractivity contribution in [1.29, 1.82) is 0 Å². The molecule has 3 unspecified atom stereocenters. The van der Waals surface area contributed by atoms with E-state index < -0.39 is 0 Å². The van der Waals surface area contributed by atoms with Gasteiger partial charge in [0.15, 0.2) is 0 Å². The van der Waals surface area contributed by atoms with Crippen molar-refractivity contribution in [2.24, 2.45) is 5.92 Å². The Morgan fingerprint density at radius 1 is 1.67 bits per heavy atom. The molecule has 3 atom stereocenters. The Morgan fingerprint density at radius 3 is 3.17 bits per heavy atom. The monoisotopic (exact) mass is 266 g/mol. The smallest absolute Gasteiger partial charge is 0.237 e. The molecular weight excluding hydrogens is 244 g/mol. The van der Waals surface area contributed by atoms with Gasteiger partial charge in [-0.1, -0.05) is 6.92 Å². The summed E-state index contributed by atoms with van der Waals surface area (Å²) in [6, 6.07) is 2.31. The van der Waals surface area contributed by atoms with Crippen molar-refractivity contribution >= 4 is 17.2 Å². The lowest BCUT2D eigenvalue weighted by Crippen LogP contribution is -2.52. The zero-order valence-electron chi connectivity index (χ0n) is 11.1. The van der Waals surface area contributed by atoms with Crippen molar-refractivity contribution < 1.29 is 4.79 Å². The molecule has 18 heavy (non-hydrogen) atoms. The second-order valence-corrected chi connectivity index (χ2v) is 6.08. The van der Waals surface area contributed by atoms with E-state index in [1.54, 1.807) is 11.3 Å². The van der Waals surface area contributed by atoms with E-state index in [0.29, 0.717) is 5.92 Å². The highest BCUT2D eigenvalue weighted by Gasteiger charge is 2.27. The van der Waals surface area contributed by atoms with Crippen LogP contribution < -0.4 is 10.6 Å². The summed E-state index contributed by atoms with van der Waals surface area (Å²) in [6.45, 7) is 5.18. The van der Waals surface area contributed by atoms with E-state index in [0.717, 1.165) is 19.4 Å². The molecule has 1 aromatic rings. The Hall–Kier alpha value is -0.870. The van der Waals surface area contributed by atoms with Gasteiger partial charge in [-0.25, -0.2) is 0 Å². The first-order valence-corrected chi connectivity index (χ1v) is 7.66. The van der Waals surface area contributed by atoms with Gasteiger partial charge >= 0.3 is 0 Å². The third-order valence-corrected chi connectivity index (χ3v) is 4.29. The molecule has 1 fully saturated rings. The molecule has 3 nitrogen and oxygen atoms in total. The van der Waals surface area contributed by atoms with Crippen LogP contribution in [0.1, 0.15) is 32.3 Å². The molecule has 0 bridgehead atoms. The van der Waals surface area contributed by atoms with Gasteiger partial charge in [0.05, 0.1) is 6.04 Å². The lowest BCUT2D eigenvalue weighted by molar-refractivity contribution is -0.125. The summed E-state index contributed by atoms with van der Waals surface area (Å²) in [5.41, 5.74) is 1.30. The number of amides is 1. The first kappa shape index (κ1) is 13.6. The summed E-state index contributed by atoms with van der Waals surface area (Å²) >= 11 is 1.70. The molecule has 2 N–H and O–H groups in total. The van der Waals surface area contributed by atoms with Crippen LogP contribution in [0.25, 0.3) is 0 Å². The molecule has 2 heterocycles. The number of rotatable bonds is 4. The number of carbonyl (C=O) groups excluding carboxylic acids is 1. The maximum absolute atomic E-state index is 12.2. The number of hydrogen-bond donors (Lipinski definition) is 2. The molecule has 0 aliphatic carbocycles. The number of carbonyl (C=O) groups is 1. The Labute approximate surface area is 113 Å². The Morgan fingerprint density at radius 2 is 2.50 bits per heavy atom. The van der Waals surface area contributed by atoms with Gasteiger partial charge in [-0.3, -0.25) is 4.79 Å².